The first kappa shape index (κ1) is 18.8. The van der Waals surface area contributed by atoms with E-state index in [0.717, 1.165) is 43.6 Å². The lowest BCUT2D eigenvalue weighted by Gasteiger charge is -2.34. The van der Waals surface area contributed by atoms with Crippen molar-refractivity contribution in [3.8, 4) is 11.4 Å². The van der Waals surface area contributed by atoms with Gasteiger partial charge in [-0.1, -0.05) is 19.3 Å². The molecule has 5 nitrogen and oxygen atoms in total. The number of aromatic nitrogens is 2. The number of nitrogens with zero attached hydrogens (tertiary/aromatic N) is 3. The van der Waals surface area contributed by atoms with E-state index in [-0.39, 0.29) is 17.6 Å². The van der Waals surface area contributed by atoms with E-state index < -0.39 is 0 Å². The van der Waals surface area contributed by atoms with Gasteiger partial charge in [0.2, 0.25) is 5.91 Å². The zero-order chi connectivity index (χ0) is 19.3. The van der Waals surface area contributed by atoms with Crippen molar-refractivity contribution in [1.82, 2.24) is 15.3 Å². The minimum atomic E-state index is -0.275. The predicted molar refractivity (Wildman–Crippen MR) is 107 cm³/mol. The minimum absolute atomic E-state index is 0.0000806. The van der Waals surface area contributed by atoms with Crippen LogP contribution in [0.1, 0.15) is 44.9 Å². The molecule has 2 fully saturated rings. The summed E-state index contributed by atoms with van der Waals surface area (Å²) in [5.41, 5.74) is 0.784. The first-order valence-electron chi connectivity index (χ1n) is 10.3. The predicted octanol–water partition coefficient (Wildman–Crippen LogP) is 3.95. The van der Waals surface area contributed by atoms with Gasteiger partial charge in [0.1, 0.15) is 11.6 Å². The van der Waals surface area contributed by atoms with Crippen LogP contribution in [-0.4, -0.2) is 35.0 Å². The van der Waals surface area contributed by atoms with Crippen LogP contribution in [0.5, 0.6) is 0 Å². The molecule has 0 radical (unpaired) electrons. The van der Waals surface area contributed by atoms with E-state index in [2.05, 4.69) is 20.2 Å². The smallest absolute Gasteiger partial charge is 0.225 e. The number of carbonyl (C=O) groups excluding carboxylic acids is 1. The number of anilines is 1. The van der Waals surface area contributed by atoms with E-state index in [1.165, 1.54) is 31.4 Å². The number of hydrogen-bond donors (Lipinski definition) is 1. The Labute approximate surface area is 165 Å². The van der Waals surface area contributed by atoms with Crippen LogP contribution in [-0.2, 0) is 4.79 Å². The van der Waals surface area contributed by atoms with Gasteiger partial charge in [0.15, 0.2) is 5.82 Å². The highest BCUT2D eigenvalue weighted by Gasteiger charge is 2.28. The van der Waals surface area contributed by atoms with Crippen LogP contribution in [0.4, 0.5) is 10.2 Å². The molecule has 0 spiro atoms. The van der Waals surface area contributed by atoms with E-state index in [1.54, 1.807) is 18.3 Å². The fraction of sp³-hybridized carbons (Fsp3) is 0.500. The molecule has 2 aromatic rings. The molecule has 1 aliphatic heterocycles. The number of piperidine rings is 1. The Morgan fingerprint density at radius 2 is 1.82 bits per heavy atom. The van der Waals surface area contributed by atoms with Crippen LogP contribution in [0.25, 0.3) is 11.4 Å². The summed E-state index contributed by atoms with van der Waals surface area (Å²) in [7, 11) is 0. The highest BCUT2D eigenvalue weighted by atomic mass is 19.1. The Kier molecular flexibility index (Phi) is 5.84. The van der Waals surface area contributed by atoms with Crippen LogP contribution in [0.15, 0.2) is 36.5 Å². The maximum atomic E-state index is 13.2. The van der Waals surface area contributed by atoms with Crippen molar-refractivity contribution in [1.29, 1.82) is 0 Å². The average Bonchev–Trinajstić information content (AvgIpc) is 2.75. The molecule has 6 heteroatoms. The number of benzene rings is 1. The third-order valence-corrected chi connectivity index (χ3v) is 5.81. The molecule has 2 aliphatic rings. The molecule has 148 valence electrons. The number of carbonyl (C=O) groups is 1. The fourth-order valence-corrected chi connectivity index (χ4v) is 4.23. The standard InChI is InChI=1S/C22H27FN4O/c23-18-10-8-16(9-11-18)21-24-13-12-20(26-21)27-14-4-5-17(15-27)22(28)25-19-6-2-1-3-7-19/h8-13,17,19H,1-7,14-15H2,(H,25,28)/t17-/m1/s1. The van der Waals surface area contributed by atoms with Crippen molar-refractivity contribution in [2.45, 2.75) is 51.0 Å². The monoisotopic (exact) mass is 382 g/mol. The SMILES string of the molecule is O=C(NC1CCCCC1)[C@@H]1CCCN(c2ccnc(-c3ccc(F)cc3)n2)C1. The van der Waals surface area contributed by atoms with Crippen molar-refractivity contribution < 1.29 is 9.18 Å². The van der Waals surface area contributed by atoms with Crippen molar-refractivity contribution in [3.63, 3.8) is 0 Å². The van der Waals surface area contributed by atoms with E-state index in [1.807, 2.05) is 6.07 Å². The molecule has 4 rings (SSSR count). The summed E-state index contributed by atoms with van der Waals surface area (Å²) in [5, 5.41) is 3.27. The van der Waals surface area contributed by atoms with E-state index in [9.17, 15) is 9.18 Å². The summed E-state index contributed by atoms with van der Waals surface area (Å²) in [6, 6.07) is 8.43. The molecule has 0 unspecified atom stereocenters. The summed E-state index contributed by atoms with van der Waals surface area (Å²) in [6.45, 7) is 1.56. The maximum Gasteiger partial charge on any atom is 0.225 e. The Morgan fingerprint density at radius 1 is 1.04 bits per heavy atom. The number of nitrogens with one attached hydrogen (secondary N) is 1. The normalized spacial score (nSPS) is 20.8. The van der Waals surface area contributed by atoms with E-state index in [0.29, 0.717) is 18.4 Å². The summed E-state index contributed by atoms with van der Waals surface area (Å²) in [6.07, 6.45) is 9.55. The Bertz CT molecular complexity index is 804. The van der Waals surface area contributed by atoms with Gasteiger partial charge in [0.05, 0.1) is 5.92 Å². The lowest BCUT2D eigenvalue weighted by molar-refractivity contribution is -0.126. The molecule has 1 aromatic heterocycles. The highest BCUT2D eigenvalue weighted by molar-refractivity contribution is 5.80. The molecule has 1 aliphatic carbocycles. The third kappa shape index (κ3) is 4.49. The van der Waals surface area contributed by atoms with Gasteiger partial charge in [-0.2, -0.15) is 0 Å². The van der Waals surface area contributed by atoms with Gasteiger partial charge in [0, 0.05) is 30.9 Å². The molecule has 1 amide bonds. The Morgan fingerprint density at radius 3 is 2.61 bits per heavy atom. The first-order valence-corrected chi connectivity index (χ1v) is 10.3. The lowest BCUT2D eigenvalue weighted by atomic mass is 9.93. The van der Waals surface area contributed by atoms with Crippen LogP contribution in [0.2, 0.25) is 0 Å². The van der Waals surface area contributed by atoms with E-state index in [4.69, 9.17) is 0 Å². The molecule has 1 saturated heterocycles. The molecular formula is C22H27FN4O. The van der Waals surface area contributed by atoms with E-state index >= 15 is 0 Å². The van der Waals surface area contributed by atoms with Crippen molar-refractivity contribution in [2.24, 2.45) is 5.92 Å². The molecule has 1 atom stereocenters. The number of halogens is 1. The number of rotatable bonds is 4. The second kappa shape index (κ2) is 8.67. The zero-order valence-electron chi connectivity index (χ0n) is 16.1. The van der Waals surface area contributed by atoms with Gasteiger partial charge in [-0.25, -0.2) is 14.4 Å². The summed E-state index contributed by atoms with van der Waals surface area (Å²) >= 11 is 0. The summed E-state index contributed by atoms with van der Waals surface area (Å²) < 4.78 is 13.2. The van der Waals surface area contributed by atoms with Crippen molar-refractivity contribution >= 4 is 11.7 Å². The Hall–Kier alpha value is -2.50. The first-order chi connectivity index (χ1) is 13.7. The molecule has 0 bridgehead atoms. The average molecular weight is 382 g/mol. The topological polar surface area (TPSA) is 58.1 Å². The zero-order valence-corrected chi connectivity index (χ0v) is 16.1. The van der Waals surface area contributed by atoms with Crippen LogP contribution >= 0.6 is 0 Å². The van der Waals surface area contributed by atoms with Crippen LogP contribution in [0.3, 0.4) is 0 Å². The van der Waals surface area contributed by atoms with Gasteiger partial charge in [-0.15, -0.1) is 0 Å². The molecule has 1 aromatic carbocycles. The molecule has 1 N–H and O–H groups in total. The van der Waals surface area contributed by atoms with Crippen molar-refractivity contribution in [3.05, 3.63) is 42.3 Å². The fourth-order valence-electron chi connectivity index (χ4n) is 4.23. The second-order valence-electron chi connectivity index (χ2n) is 7.87. The molecule has 1 saturated carbocycles. The summed E-state index contributed by atoms with van der Waals surface area (Å²) in [5.74, 6) is 1.31. The van der Waals surface area contributed by atoms with Crippen molar-refractivity contribution in [2.75, 3.05) is 18.0 Å². The van der Waals surface area contributed by atoms with Gasteiger partial charge in [-0.3, -0.25) is 4.79 Å². The minimum Gasteiger partial charge on any atom is -0.356 e. The second-order valence-corrected chi connectivity index (χ2v) is 7.87. The number of amides is 1. The van der Waals surface area contributed by atoms with Gasteiger partial charge in [-0.05, 0) is 56.0 Å². The molecule has 28 heavy (non-hydrogen) atoms. The van der Waals surface area contributed by atoms with Crippen LogP contribution < -0.4 is 10.2 Å². The highest BCUT2D eigenvalue weighted by Crippen LogP contribution is 2.25. The number of hydrogen-bond acceptors (Lipinski definition) is 4. The maximum absolute atomic E-state index is 13.2. The van der Waals surface area contributed by atoms with Gasteiger partial charge < -0.3 is 10.2 Å². The lowest BCUT2D eigenvalue weighted by Crippen LogP contribution is -2.46. The quantitative estimate of drug-likeness (QED) is 0.870. The molecular weight excluding hydrogens is 355 g/mol. The Balaban J connectivity index is 1.43. The summed E-state index contributed by atoms with van der Waals surface area (Å²) in [4.78, 5) is 23.9. The van der Waals surface area contributed by atoms with Gasteiger partial charge in [0.25, 0.3) is 0 Å². The van der Waals surface area contributed by atoms with Gasteiger partial charge >= 0.3 is 0 Å². The third-order valence-electron chi connectivity index (χ3n) is 5.81. The largest absolute Gasteiger partial charge is 0.356 e. The molecule has 2 heterocycles. The van der Waals surface area contributed by atoms with Crippen LogP contribution in [0, 0.1) is 11.7 Å².